The maximum atomic E-state index is 9.55. The van der Waals surface area contributed by atoms with E-state index in [1.54, 1.807) is 0 Å². The summed E-state index contributed by atoms with van der Waals surface area (Å²) >= 11 is 1.87. The van der Waals surface area contributed by atoms with Crippen molar-refractivity contribution in [1.29, 1.82) is 0 Å². The van der Waals surface area contributed by atoms with E-state index < -0.39 is 11.9 Å². The van der Waals surface area contributed by atoms with Crippen LogP contribution in [0.15, 0.2) is 70.5 Å². The number of benzene rings is 2. The van der Waals surface area contributed by atoms with E-state index in [9.17, 15) is 9.59 Å². The SMILES string of the molecule is CN(C)CCCN1c2ccccc2Sc2ccccc21.O=C(O)/C=C/C(=O)O. The summed E-state index contributed by atoms with van der Waals surface area (Å²) in [6.07, 6.45) is 2.28. The fourth-order valence-electron chi connectivity index (χ4n) is 2.71. The highest BCUT2D eigenvalue weighted by atomic mass is 32.2. The maximum absolute atomic E-state index is 9.55. The van der Waals surface area contributed by atoms with Crippen molar-refractivity contribution in [3.8, 4) is 0 Å². The molecule has 0 amide bonds. The van der Waals surface area contributed by atoms with Crippen LogP contribution in [0.4, 0.5) is 11.4 Å². The van der Waals surface area contributed by atoms with Crippen LogP contribution in [0.2, 0.25) is 0 Å². The first-order chi connectivity index (χ1) is 13.4. The van der Waals surface area contributed by atoms with Crippen LogP contribution in [-0.2, 0) is 9.59 Å². The summed E-state index contributed by atoms with van der Waals surface area (Å²) in [5, 5.41) is 15.6. The molecule has 1 heterocycles. The van der Waals surface area contributed by atoms with Crippen molar-refractivity contribution in [3.63, 3.8) is 0 Å². The minimum absolute atomic E-state index is 0.558. The van der Waals surface area contributed by atoms with Gasteiger partial charge in [0.1, 0.15) is 0 Å². The van der Waals surface area contributed by atoms with E-state index in [1.807, 2.05) is 11.8 Å². The Labute approximate surface area is 169 Å². The van der Waals surface area contributed by atoms with E-state index in [0.29, 0.717) is 12.2 Å². The van der Waals surface area contributed by atoms with Gasteiger partial charge in [-0.25, -0.2) is 9.59 Å². The maximum Gasteiger partial charge on any atom is 0.328 e. The second kappa shape index (κ2) is 10.5. The van der Waals surface area contributed by atoms with E-state index in [0.717, 1.165) is 13.1 Å². The second-order valence-electron chi connectivity index (χ2n) is 6.36. The third kappa shape index (κ3) is 6.44. The molecule has 0 unspecified atom stereocenters. The number of carboxylic acid groups (broad SMARTS) is 2. The zero-order valence-electron chi connectivity index (χ0n) is 15.9. The molecule has 7 heteroatoms. The summed E-state index contributed by atoms with van der Waals surface area (Å²) in [7, 11) is 4.27. The molecule has 148 valence electrons. The number of rotatable bonds is 6. The summed E-state index contributed by atoms with van der Waals surface area (Å²) in [5.41, 5.74) is 2.69. The molecule has 1 aliphatic rings. The number of aliphatic carboxylic acids is 2. The van der Waals surface area contributed by atoms with E-state index in [2.05, 4.69) is 72.4 Å². The van der Waals surface area contributed by atoms with Gasteiger partial charge in [0.2, 0.25) is 0 Å². The highest BCUT2D eigenvalue weighted by molar-refractivity contribution is 7.99. The number of fused-ring (bicyclic) bond motifs is 2. The number of para-hydroxylation sites is 2. The van der Waals surface area contributed by atoms with Crippen LogP contribution >= 0.6 is 11.8 Å². The van der Waals surface area contributed by atoms with Crippen molar-refractivity contribution in [2.24, 2.45) is 0 Å². The van der Waals surface area contributed by atoms with Crippen LogP contribution in [-0.4, -0.2) is 54.2 Å². The van der Waals surface area contributed by atoms with Crippen LogP contribution in [0.5, 0.6) is 0 Å². The molecule has 0 aromatic heterocycles. The minimum Gasteiger partial charge on any atom is -0.478 e. The standard InChI is InChI=1S/C17H20N2S.C4H4O4/c1-18(2)12-7-13-19-14-8-3-5-10-16(14)20-17-11-6-4-9-15(17)19;5-3(6)1-2-4(7)8/h3-6,8-11H,7,12-13H2,1-2H3;1-2H,(H,5,6)(H,7,8)/b;2-1+. The fraction of sp³-hybridized carbons (Fsp3) is 0.238. The molecule has 2 N–H and O–H groups in total. The fourth-order valence-corrected chi connectivity index (χ4v) is 3.81. The van der Waals surface area contributed by atoms with Crippen molar-refractivity contribution in [3.05, 3.63) is 60.7 Å². The Balaban J connectivity index is 0.000000300. The molecule has 0 atom stereocenters. The molecule has 0 spiro atoms. The zero-order chi connectivity index (χ0) is 20.5. The van der Waals surface area contributed by atoms with Crippen LogP contribution in [0.1, 0.15) is 6.42 Å². The van der Waals surface area contributed by atoms with E-state index in [-0.39, 0.29) is 0 Å². The van der Waals surface area contributed by atoms with Crippen molar-refractivity contribution in [2.45, 2.75) is 16.2 Å². The first kappa shape index (κ1) is 21.5. The van der Waals surface area contributed by atoms with E-state index in [4.69, 9.17) is 10.2 Å². The molecule has 1 aliphatic heterocycles. The lowest BCUT2D eigenvalue weighted by Gasteiger charge is -2.33. The van der Waals surface area contributed by atoms with E-state index >= 15 is 0 Å². The summed E-state index contributed by atoms with van der Waals surface area (Å²) in [5.74, 6) is -2.51. The zero-order valence-corrected chi connectivity index (χ0v) is 16.7. The largest absolute Gasteiger partial charge is 0.478 e. The first-order valence-corrected chi connectivity index (χ1v) is 9.62. The molecule has 28 heavy (non-hydrogen) atoms. The molecule has 0 radical (unpaired) electrons. The van der Waals surface area contributed by atoms with Crippen molar-refractivity contribution in [1.82, 2.24) is 4.90 Å². The van der Waals surface area contributed by atoms with Crippen molar-refractivity contribution >= 4 is 35.1 Å². The van der Waals surface area contributed by atoms with Gasteiger partial charge in [-0.2, -0.15) is 0 Å². The van der Waals surface area contributed by atoms with Gasteiger partial charge < -0.3 is 20.0 Å². The molecule has 0 aliphatic carbocycles. The molecule has 0 saturated heterocycles. The van der Waals surface area contributed by atoms with Gasteiger partial charge in [0, 0.05) is 28.5 Å². The summed E-state index contributed by atoms with van der Waals surface area (Å²) in [6, 6.07) is 17.4. The number of hydrogen-bond acceptors (Lipinski definition) is 5. The molecule has 6 nitrogen and oxygen atoms in total. The molecule has 2 aromatic carbocycles. The number of hydrogen-bond donors (Lipinski definition) is 2. The number of carbonyl (C=O) groups is 2. The predicted octanol–water partition coefficient (Wildman–Crippen LogP) is 3.95. The van der Waals surface area contributed by atoms with Crippen LogP contribution in [0, 0.1) is 0 Å². The quantitative estimate of drug-likeness (QED) is 0.711. The highest BCUT2D eigenvalue weighted by Gasteiger charge is 2.22. The minimum atomic E-state index is -1.26. The van der Waals surface area contributed by atoms with Gasteiger partial charge in [-0.05, 0) is 51.3 Å². The van der Waals surface area contributed by atoms with Gasteiger partial charge in [0.15, 0.2) is 0 Å². The van der Waals surface area contributed by atoms with Crippen molar-refractivity contribution in [2.75, 3.05) is 32.1 Å². The van der Waals surface area contributed by atoms with Crippen LogP contribution in [0.25, 0.3) is 0 Å². The Morgan fingerprint density at radius 3 is 1.82 bits per heavy atom. The summed E-state index contributed by atoms with van der Waals surface area (Å²) in [4.78, 5) is 26.5. The lowest BCUT2D eigenvalue weighted by Crippen LogP contribution is -2.25. The van der Waals surface area contributed by atoms with Gasteiger partial charge in [-0.15, -0.1) is 0 Å². The van der Waals surface area contributed by atoms with Gasteiger partial charge in [0.25, 0.3) is 0 Å². The third-order valence-electron chi connectivity index (χ3n) is 3.89. The number of carboxylic acids is 2. The van der Waals surface area contributed by atoms with Crippen molar-refractivity contribution < 1.29 is 19.8 Å². The predicted molar refractivity (Wildman–Crippen MR) is 112 cm³/mol. The first-order valence-electron chi connectivity index (χ1n) is 8.80. The average Bonchev–Trinajstić information content (AvgIpc) is 2.66. The molecular formula is C21H24N2O4S. The topological polar surface area (TPSA) is 81.1 Å². The third-order valence-corrected chi connectivity index (χ3v) is 5.02. The van der Waals surface area contributed by atoms with Crippen LogP contribution < -0.4 is 4.90 Å². The Kier molecular flexibility index (Phi) is 8.10. The monoisotopic (exact) mass is 400 g/mol. The Morgan fingerprint density at radius 1 is 0.929 bits per heavy atom. The molecule has 0 bridgehead atoms. The Morgan fingerprint density at radius 2 is 1.39 bits per heavy atom. The normalized spacial score (nSPS) is 12.2. The van der Waals surface area contributed by atoms with Gasteiger partial charge in [-0.3, -0.25) is 0 Å². The smallest absolute Gasteiger partial charge is 0.328 e. The van der Waals surface area contributed by atoms with Gasteiger partial charge in [0.05, 0.1) is 11.4 Å². The lowest BCUT2D eigenvalue weighted by atomic mass is 10.2. The highest BCUT2D eigenvalue weighted by Crippen LogP contribution is 2.47. The number of nitrogens with zero attached hydrogens (tertiary/aromatic N) is 2. The van der Waals surface area contributed by atoms with Gasteiger partial charge >= 0.3 is 11.9 Å². The van der Waals surface area contributed by atoms with Gasteiger partial charge in [-0.1, -0.05) is 36.0 Å². The molecule has 0 fully saturated rings. The van der Waals surface area contributed by atoms with E-state index in [1.165, 1.54) is 27.6 Å². The molecule has 3 rings (SSSR count). The molecule has 0 saturated carbocycles. The number of anilines is 2. The summed E-state index contributed by atoms with van der Waals surface area (Å²) in [6.45, 7) is 2.18. The summed E-state index contributed by atoms with van der Waals surface area (Å²) < 4.78 is 0. The molecule has 2 aromatic rings. The average molecular weight is 401 g/mol. The second-order valence-corrected chi connectivity index (χ2v) is 7.44. The van der Waals surface area contributed by atoms with Crippen LogP contribution in [0.3, 0.4) is 0 Å². The molecular weight excluding hydrogens is 376 g/mol. The lowest BCUT2D eigenvalue weighted by molar-refractivity contribution is -0.134. The Bertz CT molecular complexity index is 790. The Hall–Kier alpha value is -2.77.